The van der Waals surface area contributed by atoms with Gasteiger partial charge in [0.1, 0.15) is 35.2 Å². The summed E-state index contributed by atoms with van der Waals surface area (Å²) in [5.41, 5.74) is 1.58. The molecular formula is C43H47N5O7S. The minimum atomic E-state index is -3.87. The van der Waals surface area contributed by atoms with Gasteiger partial charge in [-0.05, 0) is 62.9 Å². The number of nitrogens with one attached hydrogen (secondary N) is 2. The number of pyridine rings is 1. The van der Waals surface area contributed by atoms with Crippen LogP contribution >= 0.6 is 0 Å². The van der Waals surface area contributed by atoms with Crippen molar-refractivity contribution in [1.82, 2.24) is 24.8 Å². The number of aromatic nitrogens is 1. The Bertz CT molecular complexity index is 2240. The molecule has 1 aromatic heterocycles. The zero-order valence-electron chi connectivity index (χ0n) is 31.4. The van der Waals surface area contributed by atoms with Gasteiger partial charge in [-0.3, -0.25) is 24.0 Å². The van der Waals surface area contributed by atoms with E-state index < -0.39 is 56.7 Å². The summed E-state index contributed by atoms with van der Waals surface area (Å²) < 4.78 is 40.2. The number of benzene rings is 3. The number of ether oxygens (including phenoxy) is 2. The standard InChI is InChI=1S/C43H47N5O7S/c1-3-30-26-43(30,42(51)46-56(52,53)33-18-19-33)45-40(49)37-24-32(27-48(37)41(50)39(29-15-9-5-10-16-29)47-21-11-6-12-22-47)55-38-25-35(28-13-7-4-8-14-28)44-36-23-31(54-2)17-20-34(36)38/h3-5,7-10,13-17,20,23,25,30,32-33,37,39H,1,6,11-12,18-19,21-22,24,26-27H2,2H3,(H,45,49)(H,46,51)/t30-,32-,37+,39+,43-/m1/s1. The van der Waals surface area contributed by atoms with Gasteiger partial charge in [-0.1, -0.05) is 73.2 Å². The summed E-state index contributed by atoms with van der Waals surface area (Å²) in [6.07, 6.45) is 5.25. The normalized spacial score (nSPS) is 24.2. The first-order valence-electron chi connectivity index (χ1n) is 19.4. The maximum atomic E-state index is 15.0. The number of hydrogen-bond donors (Lipinski definition) is 2. The second-order valence-corrected chi connectivity index (χ2v) is 17.3. The van der Waals surface area contributed by atoms with Crippen LogP contribution in [0, 0.1) is 5.92 Å². The zero-order valence-corrected chi connectivity index (χ0v) is 32.2. The van der Waals surface area contributed by atoms with Crippen molar-refractivity contribution in [3.8, 4) is 22.8 Å². The fourth-order valence-electron chi connectivity index (χ4n) is 8.21. The van der Waals surface area contributed by atoms with Gasteiger partial charge in [0.05, 0.1) is 30.1 Å². The van der Waals surface area contributed by atoms with E-state index in [0.717, 1.165) is 48.9 Å². The van der Waals surface area contributed by atoms with Crippen molar-refractivity contribution < 1.29 is 32.3 Å². The molecule has 2 N–H and O–H groups in total. The van der Waals surface area contributed by atoms with E-state index in [4.69, 9.17) is 14.5 Å². The van der Waals surface area contributed by atoms with E-state index in [0.29, 0.717) is 35.6 Å². The van der Waals surface area contributed by atoms with Gasteiger partial charge in [0.15, 0.2) is 0 Å². The molecule has 3 aromatic carbocycles. The molecule has 4 fully saturated rings. The molecular weight excluding hydrogens is 731 g/mol. The summed E-state index contributed by atoms with van der Waals surface area (Å²) in [5.74, 6) is -0.854. The number of methoxy groups -OCH3 is 1. The molecule has 292 valence electrons. The van der Waals surface area contributed by atoms with Crippen LogP contribution < -0.4 is 19.5 Å². The van der Waals surface area contributed by atoms with Crippen LogP contribution in [0.4, 0.5) is 0 Å². The van der Waals surface area contributed by atoms with Crippen molar-refractivity contribution in [3.63, 3.8) is 0 Å². The molecule has 2 aliphatic heterocycles. The van der Waals surface area contributed by atoms with Gasteiger partial charge in [0.2, 0.25) is 21.8 Å². The van der Waals surface area contributed by atoms with Gasteiger partial charge >= 0.3 is 0 Å². The predicted molar refractivity (Wildman–Crippen MR) is 212 cm³/mol. The highest BCUT2D eigenvalue weighted by Gasteiger charge is 2.62. The Morgan fingerprint density at radius 1 is 0.964 bits per heavy atom. The van der Waals surface area contributed by atoms with Gasteiger partial charge in [0.25, 0.3) is 5.91 Å². The van der Waals surface area contributed by atoms with E-state index in [2.05, 4.69) is 21.5 Å². The molecule has 5 atom stereocenters. The number of likely N-dealkylation sites (tertiary alicyclic amines) is 2. The molecule has 0 radical (unpaired) electrons. The lowest BCUT2D eigenvalue weighted by atomic mass is 10.00. The molecule has 3 heterocycles. The Morgan fingerprint density at radius 2 is 1.68 bits per heavy atom. The van der Waals surface area contributed by atoms with Crippen molar-refractivity contribution >= 4 is 38.6 Å². The fraction of sp³-hybridized carbons (Fsp3) is 0.395. The first kappa shape index (κ1) is 37.6. The molecule has 2 saturated carbocycles. The monoisotopic (exact) mass is 777 g/mol. The molecule has 3 amide bonds. The largest absolute Gasteiger partial charge is 0.497 e. The van der Waals surface area contributed by atoms with E-state index in [-0.39, 0.29) is 25.3 Å². The number of fused-ring (bicyclic) bond motifs is 1. The highest BCUT2D eigenvalue weighted by atomic mass is 32.2. The molecule has 12 nitrogen and oxygen atoms in total. The highest BCUT2D eigenvalue weighted by molar-refractivity contribution is 7.91. The van der Waals surface area contributed by atoms with Gasteiger partial charge in [-0.15, -0.1) is 6.58 Å². The molecule has 0 unspecified atom stereocenters. The lowest BCUT2D eigenvalue weighted by Crippen LogP contribution is -2.57. The highest BCUT2D eigenvalue weighted by Crippen LogP contribution is 2.46. The minimum Gasteiger partial charge on any atom is -0.497 e. The molecule has 8 rings (SSSR count). The van der Waals surface area contributed by atoms with Crippen LogP contribution in [0.15, 0.2) is 97.6 Å². The molecule has 0 bridgehead atoms. The van der Waals surface area contributed by atoms with Crippen LogP contribution in [0.5, 0.6) is 11.5 Å². The Kier molecular flexibility index (Phi) is 10.3. The summed E-state index contributed by atoms with van der Waals surface area (Å²) in [4.78, 5) is 52.0. The first-order valence-corrected chi connectivity index (χ1v) is 21.0. The van der Waals surface area contributed by atoms with Crippen molar-refractivity contribution in [1.29, 1.82) is 0 Å². The Balaban J connectivity index is 1.14. The topological polar surface area (TPSA) is 147 Å². The first-order chi connectivity index (χ1) is 27.1. The van der Waals surface area contributed by atoms with E-state index >= 15 is 4.79 Å². The Labute approximate surface area is 327 Å². The van der Waals surface area contributed by atoms with Crippen LogP contribution in [-0.4, -0.2) is 90.6 Å². The summed E-state index contributed by atoms with van der Waals surface area (Å²) in [5, 5.41) is 3.05. The number of nitrogens with zero attached hydrogens (tertiary/aromatic N) is 3. The van der Waals surface area contributed by atoms with Crippen molar-refractivity contribution in [2.75, 3.05) is 26.7 Å². The van der Waals surface area contributed by atoms with Crippen molar-refractivity contribution in [3.05, 3.63) is 103 Å². The quantitative estimate of drug-likeness (QED) is 0.176. The SMILES string of the molecule is C=C[C@@H]1C[C@]1(NC(=O)[C@@H]1C[C@@H](Oc2cc(-c3ccccc3)nc3cc(OC)ccc23)CN1C(=O)[C@H](c1ccccc1)N1CCCCC1)C(=O)NS(=O)(=O)C1CC1. The van der Waals surface area contributed by atoms with Gasteiger partial charge < -0.3 is 19.7 Å². The molecule has 4 aromatic rings. The van der Waals surface area contributed by atoms with Crippen LogP contribution in [-0.2, 0) is 24.4 Å². The van der Waals surface area contributed by atoms with Crippen LogP contribution in [0.25, 0.3) is 22.2 Å². The number of amides is 3. The van der Waals surface area contributed by atoms with E-state index in [9.17, 15) is 18.0 Å². The Morgan fingerprint density at radius 3 is 2.34 bits per heavy atom. The maximum absolute atomic E-state index is 15.0. The number of carbonyl (C=O) groups is 3. The second kappa shape index (κ2) is 15.3. The lowest BCUT2D eigenvalue weighted by molar-refractivity contribution is -0.144. The predicted octanol–water partition coefficient (Wildman–Crippen LogP) is 5.16. The molecule has 0 spiro atoms. The van der Waals surface area contributed by atoms with E-state index in [1.54, 1.807) is 18.1 Å². The second-order valence-electron chi connectivity index (χ2n) is 15.3. The molecule has 56 heavy (non-hydrogen) atoms. The zero-order chi connectivity index (χ0) is 39.0. The van der Waals surface area contributed by atoms with Crippen molar-refractivity contribution in [2.24, 2.45) is 5.92 Å². The molecule has 2 aliphatic carbocycles. The molecule has 4 aliphatic rings. The van der Waals surface area contributed by atoms with Gasteiger partial charge in [-0.2, -0.15) is 0 Å². The molecule has 2 saturated heterocycles. The third-order valence-corrected chi connectivity index (χ3v) is 13.4. The smallest absolute Gasteiger partial charge is 0.259 e. The minimum absolute atomic E-state index is 0.106. The lowest BCUT2D eigenvalue weighted by Gasteiger charge is -2.37. The average Bonchev–Trinajstić information content (AvgIpc) is 4.15. The summed E-state index contributed by atoms with van der Waals surface area (Å²) >= 11 is 0. The van der Waals surface area contributed by atoms with Crippen LogP contribution in [0.3, 0.4) is 0 Å². The van der Waals surface area contributed by atoms with Crippen LogP contribution in [0.2, 0.25) is 0 Å². The number of rotatable bonds is 13. The third kappa shape index (κ3) is 7.49. The van der Waals surface area contributed by atoms with E-state index in [1.807, 2.05) is 84.9 Å². The van der Waals surface area contributed by atoms with Crippen LogP contribution in [0.1, 0.15) is 56.6 Å². The van der Waals surface area contributed by atoms with Gasteiger partial charge in [0, 0.05) is 35.4 Å². The van der Waals surface area contributed by atoms with Gasteiger partial charge in [-0.25, -0.2) is 13.4 Å². The molecule has 13 heteroatoms. The maximum Gasteiger partial charge on any atom is 0.259 e. The summed E-state index contributed by atoms with van der Waals surface area (Å²) in [7, 11) is -2.27. The number of carbonyl (C=O) groups excluding carboxylic acids is 3. The summed E-state index contributed by atoms with van der Waals surface area (Å²) in [6, 6.07) is 25.2. The number of piperidine rings is 1. The van der Waals surface area contributed by atoms with E-state index in [1.165, 1.54) is 0 Å². The average molecular weight is 778 g/mol. The third-order valence-electron chi connectivity index (χ3n) is 11.5. The Hall–Kier alpha value is -5.27. The fourth-order valence-corrected chi connectivity index (χ4v) is 9.57. The summed E-state index contributed by atoms with van der Waals surface area (Å²) in [6.45, 7) is 5.43. The number of sulfonamides is 1. The van der Waals surface area contributed by atoms with Crippen molar-refractivity contribution in [2.45, 2.75) is 73.9 Å². The number of hydrogen-bond acceptors (Lipinski definition) is 9.